The molecule has 0 spiro atoms. The number of para-hydroxylation sites is 1. The van der Waals surface area contributed by atoms with Crippen LogP contribution in [-0.4, -0.2) is 22.3 Å². The molecule has 1 aliphatic heterocycles. The number of likely N-dealkylation sites (tertiary alicyclic amines) is 1. The first-order valence-electron chi connectivity index (χ1n) is 7.75. The molecule has 0 aliphatic carbocycles. The highest BCUT2D eigenvalue weighted by atomic mass is 32.1. The number of fused-ring (bicyclic) bond motifs is 1. The van der Waals surface area contributed by atoms with Crippen molar-refractivity contribution < 1.29 is 13.6 Å². The molecule has 1 aliphatic rings. The molecule has 0 radical (unpaired) electrons. The van der Waals surface area contributed by atoms with E-state index in [2.05, 4.69) is 4.98 Å². The highest BCUT2D eigenvalue weighted by Gasteiger charge is 2.33. The molecule has 0 N–H and O–H groups in total. The fourth-order valence-electron chi connectivity index (χ4n) is 3.09. The van der Waals surface area contributed by atoms with Crippen molar-refractivity contribution in [1.82, 2.24) is 9.88 Å². The molecular weight excluding hydrogens is 330 g/mol. The van der Waals surface area contributed by atoms with Gasteiger partial charge in [-0.15, -0.1) is 11.3 Å². The standard InChI is InChI=1S/C18H14F2N2OS/c19-12-8-7-11(10-13(12)20)18(23)22-9-3-5-15(22)17-21-14-4-1-2-6-16(14)24-17/h1-2,4,6-8,10,15H,3,5,9H2. The van der Waals surface area contributed by atoms with Crippen molar-refractivity contribution in [1.29, 1.82) is 0 Å². The fourth-order valence-corrected chi connectivity index (χ4v) is 4.21. The topological polar surface area (TPSA) is 33.2 Å². The number of carbonyl (C=O) groups is 1. The van der Waals surface area contributed by atoms with E-state index in [1.54, 1.807) is 16.2 Å². The maximum atomic E-state index is 13.4. The van der Waals surface area contributed by atoms with E-state index in [-0.39, 0.29) is 17.5 Å². The van der Waals surface area contributed by atoms with Gasteiger partial charge in [-0.2, -0.15) is 0 Å². The smallest absolute Gasteiger partial charge is 0.254 e. The molecule has 4 rings (SSSR count). The molecule has 1 saturated heterocycles. The van der Waals surface area contributed by atoms with Gasteiger partial charge in [-0.25, -0.2) is 13.8 Å². The molecule has 2 aromatic carbocycles. The summed E-state index contributed by atoms with van der Waals surface area (Å²) in [6.45, 7) is 0.596. The first-order valence-corrected chi connectivity index (χ1v) is 8.56. The van der Waals surface area contributed by atoms with Crippen molar-refractivity contribution in [2.75, 3.05) is 6.54 Å². The average molecular weight is 344 g/mol. The maximum Gasteiger partial charge on any atom is 0.254 e. The van der Waals surface area contributed by atoms with Crippen LogP contribution in [0.15, 0.2) is 42.5 Å². The van der Waals surface area contributed by atoms with Gasteiger partial charge in [-0.05, 0) is 43.2 Å². The summed E-state index contributed by atoms with van der Waals surface area (Å²) in [6.07, 6.45) is 1.70. The van der Waals surface area contributed by atoms with Gasteiger partial charge in [-0.1, -0.05) is 12.1 Å². The van der Waals surface area contributed by atoms with Crippen LogP contribution in [0.4, 0.5) is 8.78 Å². The predicted octanol–water partition coefficient (Wildman–Crippen LogP) is 4.55. The lowest BCUT2D eigenvalue weighted by molar-refractivity contribution is 0.0735. The quantitative estimate of drug-likeness (QED) is 0.683. The summed E-state index contributed by atoms with van der Waals surface area (Å²) in [5, 5.41) is 0.893. The lowest BCUT2D eigenvalue weighted by Crippen LogP contribution is -2.30. The van der Waals surface area contributed by atoms with Crippen molar-refractivity contribution in [3.8, 4) is 0 Å². The Bertz CT molecular complexity index is 891. The van der Waals surface area contributed by atoms with Crippen molar-refractivity contribution in [3.05, 3.63) is 64.7 Å². The Labute approximate surface area is 141 Å². The van der Waals surface area contributed by atoms with Gasteiger partial charge in [0.25, 0.3) is 5.91 Å². The molecule has 3 aromatic rings. The average Bonchev–Trinajstić information content (AvgIpc) is 3.22. The van der Waals surface area contributed by atoms with Gasteiger partial charge in [0.2, 0.25) is 0 Å². The first kappa shape index (κ1) is 15.2. The van der Waals surface area contributed by atoms with Crippen LogP contribution in [0.25, 0.3) is 10.2 Å². The van der Waals surface area contributed by atoms with E-state index >= 15 is 0 Å². The number of aromatic nitrogens is 1. The number of rotatable bonds is 2. The molecule has 6 heteroatoms. The number of hydrogen-bond acceptors (Lipinski definition) is 3. The number of benzene rings is 2. The van der Waals surface area contributed by atoms with Crippen molar-refractivity contribution in [2.24, 2.45) is 0 Å². The van der Waals surface area contributed by atoms with Gasteiger partial charge in [-0.3, -0.25) is 4.79 Å². The molecule has 122 valence electrons. The second-order valence-electron chi connectivity index (χ2n) is 5.81. The minimum absolute atomic E-state index is 0.108. The Morgan fingerprint density at radius 1 is 1.17 bits per heavy atom. The molecule has 1 fully saturated rings. The zero-order valence-corrected chi connectivity index (χ0v) is 13.5. The number of thiazole rings is 1. The normalized spacial score (nSPS) is 17.6. The molecule has 1 aromatic heterocycles. The SMILES string of the molecule is O=C(c1ccc(F)c(F)c1)N1CCCC1c1nc2ccccc2s1. The number of nitrogens with zero attached hydrogens (tertiary/aromatic N) is 2. The molecule has 0 saturated carbocycles. The Kier molecular flexibility index (Phi) is 3.76. The van der Waals surface area contributed by atoms with E-state index < -0.39 is 11.6 Å². The van der Waals surface area contributed by atoms with Gasteiger partial charge in [0, 0.05) is 12.1 Å². The summed E-state index contributed by atoms with van der Waals surface area (Å²) in [4.78, 5) is 19.1. The van der Waals surface area contributed by atoms with Crippen LogP contribution < -0.4 is 0 Å². The summed E-state index contributed by atoms with van der Waals surface area (Å²) < 4.78 is 27.6. The zero-order chi connectivity index (χ0) is 16.7. The molecular formula is C18H14F2N2OS. The number of halogens is 2. The third-order valence-corrected chi connectivity index (χ3v) is 5.41. The fraction of sp³-hybridized carbons (Fsp3) is 0.222. The number of carbonyl (C=O) groups excluding carboxylic acids is 1. The second kappa shape index (κ2) is 5.94. The minimum atomic E-state index is -1.00. The van der Waals surface area contributed by atoms with Gasteiger partial charge in [0.15, 0.2) is 11.6 Å². The Hall–Kier alpha value is -2.34. The molecule has 2 heterocycles. The van der Waals surface area contributed by atoms with Crippen LogP contribution in [0.1, 0.15) is 34.2 Å². The van der Waals surface area contributed by atoms with E-state index in [9.17, 15) is 13.6 Å². The number of amides is 1. The van der Waals surface area contributed by atoms with Crippen LogP contribution in [0, 0.1) is 11.6 Å². The second-order valence-corrected chi connectivity index (χ2v) is 6.87. The highest BCUT2D eigenvalue weighted by molar-refractivity contribution is 7.18. The number of hydrogen-bond donors (Lipinski definition) is 0. The largest absolute Gasteiger partial charge is 0.329 e. The molecule has 1 unspecified atom stereocenters. The Balaban J connectivity index is 1.66. The summed E-state index contributed by atoms with van der Waals surface area (Å²) in [7, 11) is 0. The zero-order valence-electron chi connectivity index (χ0n) is 12.7. The Morgan fingerprint density at radius 3 is 2.79 bits per heavy atom. The van der Waals surface area contributed by atoms with Crippen LogP contribution in [-0.2, 0) is 0 Å². The van der Waals surface area contributed by atoms with Crippen molar-refractivity contribution in [3.63, 3.8) is 0 Å². The highest BCUT2D eigenvalue weighted by Crippen LogP contribution is 2.37. The third-order valence-electron chi connectivity index (χ3n) is 4.28. The molecule has 0 bridgehead atoms. The lowest BCUT2D eigenvalue weighted by atomic mass is 10.1. The Morgan fingerprint density at radius 2 is 2.00 bits per heavy atom. The van der Waals surface area contributed by atoms with Gasteiger partial charge in [0.1, 0.15) is 5.01 Å². The van der Waals surface area contributed by atoms with Gasteiger partial charge < -0.3 is 4.90 Å². The van der Waals surface area contributed by atoms with Crippen molar-refractivity contribution >= 4 is 27.5 Å². The first-order chi connectivity index (χ1) is 11.6. The molecule has 1 atom stereocenters. The predicted molar refractivity (Wildman–Crippen MR) is 89.0 cm³/mol. The van der Waals surface area contributed by atoms with E-state index in [1.807, 2.05) is 24.3 Å². The summed E-state index contributed by atoms with van der Waals surface area (Å²) in [5.41, 5.74) is 1.09. The van der Waals surface area contributed by atoms with E-state index in [4.69, 9.17) is 0 Å². The molecule has 1 amide bonds. The summed E-state index contributed by atoms with van der Waals surface area (Å²) in [5.74, 6) is -2.23. The summed E-state index contributed by atoms with van der Waals surface area (Å²) >= 11 is 1.58. The van der Waals surface area contributed by atoms with Gasteiger partial charge >= 0.3 is 0 Å². The van der Waals surface area contributed by atoms with Crippen LogP contribution in [0.5, 0.6) is 0 Å². The maximum absolute atomic E-state index is 13.4. The molecule has 3 nitrogen and oxygen atoms in total. The minimum Gasteiger partial charge on any atom is -0.329 e. The van der Waals surface area contributed by atoms with Crippen LogP contribution >= 0.6 is 11.3 Å². The molecule has 24 heavy (non-hydrogen) atoms. The van der Waals surface area contributed by atoms with Crippen LogP contribution in [0.3, 0.4) is 0 Å². The van der Waals surface area contributed by atoms with Crippen molar-refractivity contribution in [2.45, 2.75) is 18.9 Å². The third kappa shape index (κ3) is 2.57. The van der Waals surface area contributed by atoms with E-state index in [1.165, 1.54) is 6.07 Å². The van der Waals surface area contributed by atoms with E-state index in [0.717, 1.165) is 40.2 Å². The lowest BCUT2D eigenvalue weighted by Gasteiger charge is -2.23. The monoisotopic (exact) mass is 344 g/mol. The van der Waals surface area contributed by atoms with Gasteiger partial charge in [0.05, 0.1) is 16.3 Å². The summed E-state index contributed by atoms with van der Waals surface area (Å²) in [6, 6.07) is 11.0. The van der Waals surface area contributed by atoms with Crippen LogP contribution in [0.2, 0.25) is 0 Å². The van der Waals surface area contributed by atoms with E-state index in [0.29, 0.717) is 6.54 Å².